The number of H-pyrrole nitrogens is 1. The third-order valence-corrected chi connectivity index (χ3v) is 5.25. The van der Waals surface area contributed by atoms with Crippen molar-refractivity contribution in [2.75, 3.05) is 19.6 Å². The monoisotopic (exact) mass is 377 g/mol. The molecule has 2 fully saturated rings. The van der Waals surface area contributed by atoms with Gasteiger partial charge in [-0.2, -0.15) is 5.10 Å². The van der Waals surface area contributed by atoms with E-state index in [0.717, 1.165) is 43.3 Å². The van der Waals surface area contributed by atoms with Gasteiger partial charge in [-0.05, 0) is 31.9 Å². The fourth-order valence-corrected chi connectivity index (χ4v) is 4.02. The maximum Gasteiger partial charge on any atom is 0.272 e. The number of para-hydroxylation sites is 1. The van der Waals surface area contributed by atoms with Gasteiger partial charge >= 0.3 is 0 Å². The highest BCUT2D eigenvalue weighted by Gasteiger charge is 2.37. The molecule has 0 saturated carbocycles. The van der Waals surface area contributed by atoms with E-state index in [2.05, 4.69) is 25.7 Å². The summed E-state index contributed by atoms with van der Waals surface area (Å²) in [5.74, 6) is -0.103. The Hall–Kier alpha value is -2.12. The molecule has 140 valence electrons. The lowest BCUT2D eigenvalue weighted by atomic mass is 10.1. The standard InChI is InChI=1S/C18H23N5O2.ClH/c24-16(23-12-5-6-13(23)11-19-9-7-12)8-10-20-18(25)17-14-3-1-2-4-15(14)21-22-17;/h1-4,12-13,19H,5-11H2,(H,20,25)(H,21,22);1H. The van der Waals surface area contributed by atoms with Crippen molar-refractivity contribution in [3.05, 3.63) is 30.0 Å². The third-order valence-electron chi connectivity index (χ3n) is 5.25. The van der Waals surface area contributed by atoms with Gasteiger partial charge < -0.3 is 15.5 Å². The molecule has 3 heterocycles. The first-order valence-electron chi connectivity index (χ1n) is 8.97. The molecule has 2 amide bonds. The number of halogens is 1. The minimum Gasteiger partial charge on any atom is -0.350 e. The normalized spacial score (nSPS) is 21.9. The Labute approximate surface area is 158 Å². The summed E-state index contributed by atoms with van der Waals surface area (Å²) in [5, 5.41) is 14.0. The molecule has 2 aromatic rings. The van der Waals surface area contributed by atoms with Crippen molar-refractivity contribution in [3.63, 3.8) is 0 Å². The van der Waals surface area contributed by atoms with E-state index in [1.54, 1.807) is 0 Å². The van der Waals surface area contributed by atoms with Crippen LogP contribution in [0.15, 0.2) is 24.3 Å². The summed E-state index contributed by atoms with van der Waals surface area (Å²) < 4.78 is 0. The summed E-state index contributed by atoms with van der Waals surface area (Å²) >= 11 is 0. The number of hydrogen-bond acceptors (Lipinski definition) is 4. The Bertz CT molecular complexity index is 779. The predicted octanol–water partition coefficient (Wildman–Crippen LogP) is 1.46. The zero-order valence-corrected chi connectivity index (χ0v) is 15.3. The first kappa shape index (κ1) is 18.7. The SMILES string of the molecule is Cl.O=C(NCCC(=O)N1C2CCNCC1CC2)c1n[nH]c2ccccc12. The van der Waals surface area contributed by atoms with Crippen molar-refractivity contribution >= 4 is 35.1 Å². The fourth-order valence-electron chi connectivity index (χ4n) is 4.02. The van der Waals surface area contributed by atoms with Crippen molar-refractivity contribution in [2.45, 2.75) is 37.8 Å². The van der Waals surface area contributed by atoms with E-state index >= 15 is 0 Å². The number of nitrogens with zero attached hydrogens (tertiary/aromatic N) is 2. The average Bonchev–Trinajstić information content (AvgIpc) is 3.14. The zero-order chi connectivity index (χ0) is 17.2. The summed E-state index contributed by atoms with van der Waals surface area (Å²) in [6.07, 6.45) is 3.54. The molecule has 2 saturated heterocycles. The van der Waals surface area contributed by atoms with Crippen LogP contribution in [0.1, 0.15) is 36.2 Å². The van der Waals surface area contributed by atoms with Gasteiger partial charge in [-0.15, -0.1) is 12.4 Å². The van der Waals surface area contributed by atoms with E-state index in [1.807, 2.05) is 24.3 Å². The summed E-state index contributed by atoms with van der Waals surface area (Å²) in [4.78, 5) is 27.0. The Morgan fingerprint density at radius 2 is 2.00 bits per heavy atom. The van der Waals surface area contributed by atoms with Gasteiger partial charge in [0.1, 0.15) is 0 Å². The largest absolute Gasteiger partial charge is 0.350 e. The quantitative estimate of drug-likeness (QED) is 0.752. The first-order chi connectivity index (χ1) is 12.2. The van der Waals surface area contributed by atoms with E-state index < -0.39 is 0 Å². The van der Waals surface area contributed by atoms with Gasteiger partial charge in [-0.3, -0.25) is 14.7 Å². The maximum atomic E-state index is 12.6. The lowest BCUT2D eigenvalue weighted by Crippen LogP contribution is -2.43. The van der Waals surface area contributed by atoms with Crippen molar-refractivity contribution in [3.8, 4) is 0 Å². The Morgan fingerprint density at radius 1 is 1.19 bits per heavy atom. The Balaban J connectivity index is 0.00000196. The molecule has 2 bridgehead atoms. The van der Waals surface area contributed by atoms with Crippen LogP contribution in [-0.4, -0.2) is 58.6 Å². The van der Waals surface area contributed by atoms with Gasteiger partial charge in [0.2, 0.25) is 5.91 Å². The second-order valence-electron chi connectivity index (χ2n) is 6.80. The lowest BCUT2D eigenvalue weighted by Gasteiger charge is -2.28. The number of aromatic nitrogens is 2. The molecule has 7 nitrogen and oxygen atoms in total. The van der Waals surface area contributed by atoms with E-state index in [9.17, 15) is 9.59 Å². The molecular formula is C18H24ClN5O2. The number of carbonyl (C=O) groups excluding carboxylic acids is 2. The van der Waals surface area contributed by atoms with Gasteiger partial charge in [0.25, 0.3) is 5.91 Å². The number of carbonyl (C=O) groups is 2. The van der Waals surface area contributed by atoms with Crippen LogP contribution in [0.2, 0.25) is 0 Å². The van der Waals surface area contributed by atoms with Gasteiger partial charge in [-0.25, -0.2) is 0 Å². The number of amides is 2. The van der Waals surface area contributed by atoms with Crippen LogP contribution in [0, 0.1) is 0 Å². The number of aromatic amines is 1. The maximum absolute atomic E-state index is 12.6. The summed E-state index contributed by atoms with van der Waals surface area (Å²) in [6.45, 7) is 2.20. The van der Waals surface area contributed by atoms with E-state index in [0.29, 0.717) is 30.7 Å². The average molecular weight is 378 g/mol. The van der Waals surface area contributed by atoms with Gasteiger partial charge in [0.05, 0.1) is 5.52 Å². The van der Waals surface area contributed by atoms with Crippen LogP contribution in [-0.2, 0) is 4.79 Å². The Kier molecular flexibility index (Phi) is 5.78. The van der Waals surface area contributed by atoms with Gasteiger partial charge in [0, 0.05) is 37.0 Å². The predicted molar refractivity (Wildman–Crippen MR) is 101 cm³/mol. The lowest BCUT2D eigenvalue weighted by molar-refractivity contribution is -0.133. The second kappa shape index (κ2) is 8.05. The first-order valence-corrected chi connectivity index (χ1v) is 8.97. The van der Waals surface area contributed by atoms with Crippen LogP contribution in [0.3, 0.4) is 0 Å². The summed E-state index contributed by atoms with van der Waals surface area (Å²) in [6, 6.07) is 8.18. The molecular weight excluding hydrogens is 354 g/mol. The highest BCUT2D eigenvalue weighted by molar-refractivity contribution is 6.04. The van der Waals surface area contributed by atoms with Crippen LogP contribution in [0.5, 0.6) is 0 Å². The topological polar surface area (TPSA) is 90.1 Å². The molecule has 2 aliphatic heterocycles. The molecule has 0 radical (unpaired) electrons. The second-order valence-corrected chi connectivity index (χ2v) is 6.80. The minimum absolute atomic E-state index is 0. The highest BCUT2D eigenvalue weighted by atomic mass is 35.5. The molecule has 1 aromatic carbocycles. The van der Waals surface area contributed by atoms with Crippen molar-refractivity contribution in [1.29, 1.82) is 0 Å². The third kappa shape index (κ3) is 3.54. The molecule has 2 aliphatic rings. The fraction of sp³-hybridized carbons (Fsp3) is 0.500. The molecule has 0 spiro atoms. The van der Waals surface area contributed by atoms with Gasteiger partial charge in [-0.1, -0.05) is 18.2 Å². The highest BCUT2D eigenvalue weighted by Crippen LogP contribution is 2.28. The molecule has 8 heteroatoms. The number of nitrogens with one attached hydrogen (secondary N) is 3. The van der Waals surface area contributed by atoms with E-state index in [4.69, 9.17) is 0 Å². The zero-order valence-electron chi connectivity index (χ0n) is 14.5. The minimum atomic E-state index is -0.245. The molecule has 3 N–H and O–H groups in total. The Morgan fingerprint density at radius 3 is 2.88 bits per heavy atom. The summed E-state index contributed by atoms with van der Waals surface area (Å²) in [7, 11) is 0. The summed E-state index contributed by atoms with van der Waals surface area (Å²) in [5.41, 5.74) is 1.21. The van der Waals surface area contributed by atoms with E-state index in [1.165, 1.54) is 0 Å². The molecule has 26 heavy (non-hydrogen) atoms. The van der Waals surface area contributed by atoms with Crippen molar-refractivity contribution < 1.29 is 9.59 Å². The molecule has 4 rings (SSSR count). The van der Waals surface area contributed by atoms with E-state index in [-0.39, 0.29) is 24.2 Å². The molecule has 1 aromatic heterocycles. The van der Waals surface area contributed by atoms with Crippen molar-refractivity contribution in [2.24, 2.45) is 0 Å². The van der Waals surface area contributed by atoms with Gasteiger partial charge in [0.15, 0.2) is 5.69 Å². The van der Waals surface area contributed by atoms with Crippen molar-refractivity contribution in [1.82, 2.24) is 25.7 Å². The van der Waals surface area contributed by atoms with Crippen LogP contribution in [0.25, 0.3) is 10.9 Å². The molecule has 2 unspecified atom stereocenters. The number of hydrogen-bond donors (Lipinski definition) is 3. The number of fused-ring (bicyclic) bond motifs is 3. The smallest absolute Gasteiger partial charge is 0.272 e. The molecule has 0 aliphatic carbocycles. The molecule has 2 atom stereocenters. The van der Waals surface area contributed by atoms with Crippen LogP contribution >= 0.6 is 12.4 Å². The van der Waals surface area contributed by atoms with Crippen LogP contribution in [0.4, 0.5) is 0 Å². The number of benzene rings is 1. The van der Waals surface area contributed by atoms with Crippen LogP contribution < -0.4 is 10.6 Å². The number of rotatable bonds is 4.